The first-order valence-electron chi connectivity index (χ1n) is 10.1. The molecule has 33 heavy (non-hydrogen) atoms. The molecule has 0 radical (unpaired) electrons. The Labute approximate surface area is 186 Å². The summed E-state index contributed by atoms with van der Waals surface area (Å²) in [5, 5.41) is 14.1. The first-order chi connectivity index (χ1) is 15.7. The number of carbonyl (C=O) groups excluding carboxylic acids is 1. The lowest BCUT2D eigenvalue weighted by Gasteiger charge is -2.30. The molecule has 1 aliphatic rings. The van der Waals surface area contributed by atoms with Gasteiger partial charge in [0.25, 0.3) is 18.8 Å². The van der Waals surface area contributed by atoms with Gasteiger partial charge in [0.15, 0.2) is 0 Å². The van der Waals surface area contributed by atoms with Gasteiger partial charge in [0.05, 0.1) is 23.4 Å². The largest absolute Gasteiger partial charge is 0.494 e. The number of para-hydroxylation sites is 1. The van der Waals surface area contributed by atoms with E-state index in [-0.39, 0.29) is 10.6 Å². The number of halogens is 4. The Morgan fingerprint density at radius 2 is 1.85 bits per heavy atom. The molecule has 0 saturated heterocycles. The van der Waals surface area contributed by atoms with Gasteiger partial charge in [0.1, 0.15) is 11.5 Å². The highest BCUT2D eigenvalue weighted by Gasteiger charge is 2.53. The number of amides is 1. The van der Waals surface area contributed by atoms with Crippen molar-refractivity contribution < 1.29 is 32.2 Å². The molecule has 1 aromatic heterocycles. The van der Waals surface area contributed by atoms with E-state index in [1.54, 1.807) is 48.5 Å². The molecule has 3 aromatic rings. The predicted molar refractivity (Wildman–Crippen MR) is 114 cm³/mol. The number of rotatable bonds is 6. The van der Waals surface area contributed by atoms with Crippen LogP contribution in [0.5, 0.6) is 5.75 Å². The zero-order valence-electron chi connectivity index (χ0n) is 17.4. The molecule has 2 aromatic carbocycles. The van der Waals surface area contributed by atoms with Crippen molar-refractivity contribution >= 4 is 22.5 Å². The molecule has 2 heterocycles. The van der Waals surface area contributed by atoms with Gasteiger partial charge < -0.3 is 9.84 Å². The van der Waals surface area contributed by atoms with Gasteiger partial charge in [-0.15, -0.1) is 0 Å². The molecule has 0 spiro atoms. The van der Waals surface area contributed by atoms with E-state index in [1.165, 1.54) is 6.07 Å². The Morgan fingerprint density at radius 3 is 2.48 bits per heavy atom. The third-order valence-corrected chi connectivity index (χ3v) is 5.24. The van der Waals surface area contributed by atoms with Gasteiger partial charge in [-0.1, -0.05) is 18.2 Å². The van der Waals surface area contributed by atoms with Crippen LogP contribution in [0.4, 0.5) is 17.6 Å². The Bertz CT molecular complexity index is 1220. The van der Waals surface area contributed by atoms with Crippen molar-refractivity contribution in [3.05, 3.63) is 60.2 Å². The fourth-order valence-electron chi connectivity index (χ4n) is 3.61. The number of aromatic nitrogens is 1. The summed E-state index contributed by atoms with van der Waals surface area (Å²) in [4.78, 5) is 17.8. The van der Waals surface area contributed by atoms with Crippen LogP contribution in [-0.2, 0) is 0 Å². The molecule has 1 aliphatic heterocycles. The lowest BCUT2D eigenvalue weighted by Crippen LogP contribution is -2.51. The average molecular weight is 461 g/mol. The number of aliphatic hydroxyl groups is 1. The molecular weight excluding hydrogens is 442 g/mol. The summed E-state index contributed by atoms with van der Waals surface area (Å²) in [5.41, 5.74) is -2.94. The van der Waals surface area contributed by atoms with Crippen LogP contribution in [-0.4, -0.2) is 51.9 Å². The fourth-order valence-corrected chi connectivity index (χ4v) is 3.61. The number of ether oxygens (including phenoxy) is 1. The molecule has 0 bridgehead atoms. The molecule has 1 N–H and O–H groups in total. The third-order valence-electron chi connectivity index (χ3n) is 5.24. The molecule has 10 heteroatoms. The molecule has 1 atom stereocenters. The molecule has 0 saturated carbocycles. The highest BCUT2D eigenvalue weighted by Crippen LogP contribution is 2.36. The average Bonchev–Trinajstić information content (AvgIpc) is 3.18. The van der Waals surface area contributed by atoms with Gasteiger partial charge in [-0.25, -0.2) is 22.5 Å². The lowest BCUT2D eigenvalue weighted by molar-refractivity contribution is -0.164. The van der Waals surface area contributed by atoms with Crippen LogP contribution in [0.3, 0.4) is 0 Å². The van der Waals surface area contributed by atoms with E-state index in [0.717, 1.165) is 0 Å². The van der Waals surface area contributed by atoms with Gasteiger partial charge in [0.2, 0.25) is 5.72 Å². The summed E-state index contributed by atoms with van der Waals surface area (Å²) >= 11 is 0. The van der Waals surface area contributed by atoms with E-state index >= 15 is 0 Å². The Balaban J connectivity index is 1.83. The van der Waals surface area contributed by atoms with Crippen molar-refractivity contribution in [2.24, 2.45) is 5.10 Å². The van der Waals surface area contributed by atoms with Crippen molar-refractivity contribution in [1.29, 1.82) is 0 Å². The van der Waals surface area contributed by atoms with Crippen LogP contribution in [0.15, 0.2) is 59.7 Å². The van der Waals surface area contributed by atoms with Crippen molar-refractivity contribution in [3.8, 4) is 17.0 Å². The van der Waals surface area contributed by atoms with Crippen molar-refractivity contribution in [3.63, 3.8) is 0 Å². The van der Waals surface area contributed by atoms with Gasteiger partial charge in [-0.2, -0.15) is 10.1 Å². The van der Waals surface area contributed by atoms with Crippen molar-refractivity contribution in [2.75, 3.05) is 6.61 Å². The fraction of sp³-hybridized carbons (Fsp3) is 0.261. The number of hydrazone groups is 1. The number of hydrogen-bond donors (Lipinski definition) is 1. The second-order valence-corrected chi connectivity index (χ2v) is 7.39. The standard InChI is InChI=1S/C23H19F4N3O3/c1-2-33-14-9-7-13(8-10-14)18-11-16(15-5-3-4-6-17(15)28-18)21(31)30-23(32,22(26)27)12-19(29-30)20(24)25/h3-11,20,22,32H,2,12H2,1H3/t23-/m1/s1. The van der Waals surface area contributed by atoms with E-state index in [0.29, 0.717) is 34.5 Å². The molecule has 1 amide bonds. The molecule has 0 aliphatic carbocycles. The lowest BCUT2D eigenvalue weighted by atomic mass is 10.0. The summed E-state index contributed by atoms with van der Waals surface area (Å²) in [6, 6.07) is 14.7. The molecule has 6 nitrogen and oxygen atoms in total. The Kier molecular flexibility index (Phi) is 6.03. The number of fused-ring (bicyclic) bond motifs is 1. The van der Waals surface area contributed by atoms with Gasteiger partial charge in [-0.3, -0.25) is 4.79 Å². The zero-order chi connectivity index (χ0) is 23.8. The monoisotopic (exact) mass is 461 g/mol. The minimum atomic E-state index is -3.51. The van der Waals surface area contributed by atoms with Crippen LogP contribution in [0.1, 0.15) is 23.7 Å². The summed E-state index contributed by atoms with van der Waals surface area (Å²) in [5.74, 6) is -0.509. The summed E-state index contributed by atoms with van der Waals surface area (Å²) < 4.78 is 59.1. The SMILES string of the molecule is CCOc1ccc(-c2cc(C(=O)N3N=C(C(F)F)C[C@@]3(O)C(F)F)c3ccccc3n2)cc1. The number of nitrogens with zero attached hydrogens (tertiary/aromatic N) is 3. The Morgan fingerprint density at radius 1 is 1.15 bits per heavy atom. The van der Waals surface area contributed by atoms with Crippen LogP contribution >= 0.6 is 0 Å². The quantitative estimate of drug-likeness (QED) is 0.539. The maximum absolute atomic E-state index is 13.7. The van der Waals surface area contributed by atoms with Gasteiger partial charge in [0, 0.05) is 17.4 Å². The second-order valence-electron chi connectivity index (χ2n) is 7.39. The summed E-state index contributed by atoms with van der Waals surface area (Å²) in [6.07, 6.45) is -7.86. The first kappa shape index (κ1) is 22.7. The summed E-state index contributed by atoms with van der Waals surface area (Å²) in [6.45, 7) is 2.33. The van der Waals surface area contributed by atoms with Gasteiger partial charge in [-0.05, 0) is 43.3 Å². The second kappa shape index (κ2) is 8.78. The molecule has 4 rings (SSSR count). The topological polar surface area (TPSA) is 75.0 Å². The number of hydrogen-bond acceptors (Lipinski definition) is 5. The number of benzene rings is 2. The number of pyridine rings is 1. The minimum absolute atomic E-state index is 0.0584. The van der Waals surface area contributed by atoms with Gasteiger partial charge >= 0.3 is 0 Å². The van der Waals surface area contributed by atoms with Crippen LogP contribution in [0.2, 0.25) is 0 Å². The molecule has 0 fully saturated rings. The zero-order valence-corrected chi connectivity index (χ0v) is 17.4. The maximum Gasteiger partial charge on any atom is 0.287 e. The van der Waals surface area contributed by atoms with E-state index < -0.39 is 36.6 Å². The van der Waals surface area contributed by atoms with E-state index in [4.69, 9.17) is 4.74 Å². The van der Waals surface area contributed by atoms with Crippen LogP contribution < -0.4 is 4.74 Å². The maximum atomic E-state index is 13.7. The van der Waals surface area contributed by atoms with E-state index in [9.17, 15) is 27.5 Å². The van der Waals surface area contributed by atoms with Crippen molar-refractivity contribution in [2.45, 2.75) is 31.9 Å². The number of carbonyl (C=O) groups is 1. The molecule has 172 valence electrons. The normalized spacial score (nSPS) is 18.3. The third kappa shape index (κ3) is 4.13. The van der Waals surface area contributed by atoms with Crippen LogP contribution in [0.25, 0.3) is 22.2 Å². The summed E-state index contributed by atoms with van der Waals surface area (Å²) in [7, 11) is 0. The van der Waals surface area contributed by atoms with Crippen molar-refractivity contribution in [1.82, 2.24) is 9.99 Å². The molecule has 0 unspecified atom stereocenters. The first-order valence-corrected chi connectivity index (χ1v) is 10.1. The highest BCUT2D eigenvalue weighted by atomic mass is 19.3. The smallest absolute Gasteiger partial charge is 0.287 e. The van der Waals surface area contributed by atoms with Crippen LogP contribution in [0, 0.1) is 0 Å². The number of alkyl halides is 4. The van der Waals surface area contributed by atoms with E-state index in [1.807, 2.05) is 6.92 Å². The predicted octanol–water partition coefficient (Wildman–Crippen LogP) is 4.72. The van der Waals surface area contributed by atoms with E-state index in [2.05, 4.69) is 10.1 Å². The highest BCUT2D eigenvalue weighted by molar-refractivity contribution is 6.08. The molecular formula is C23H19F4N3O3. The Hall–Kier alpha value is -3.53. The minimum Gasteiger partial charge on any atom is -0.494 e.